The Kier molecular flexibility index (Phi) is 29.4. The summed E-state index contributed by atoms with van der Waals surface area (Å²) < 4.78 is 0. The van der Waals surface area contributed by atoms with Gasteiger partial charge in [-0.2, -0.15) is 0 Å². The molecule has 0 spiro atoms. The maximum absolute atomic E-state index is 14.1. The van der Waals surface area contributed by atoms with E-state index >= 15 is 0 Å². The van der Waals surface area contributed by atoms with Crippen LogP contribution in [0.3, 0.4) is 0 Å². The summed E-state index contributed by atoms with van der Waals surface area (Å²) in [4.78, 5) is 102. The number of carbonyl (C=O) groups is 6. The van der Waals surface area contributed by atoms with E-state index in [-0.39, 0.29) is 94.9 Å². The van der Waals surface area contributed by atoms with Gasteiger partial charge in [0.1, 0.15) is 0 Å². The molecule has 10 rings (SSSR count). The Morgan fingerprint density at radius 2 is 0.678 bits per heavy atom. The van der Waals surface area contributed by atoms with E-state index in [2.05, 4.69) is 58.9 Å². The third kappa shape index (κ3) is 18.7. The Morgan fingerprint density at radius 1 is 0.460 bits per heavy atom. The molecule has 4 bridgehead atoms. The van der Waals surface area contributed by atoms with Gasteiger partial charge in [-0.25, -0.2) is 9.80 Å². The molecule has 6 atom stereocenters. The zero-order valence-electron chi connectivity index (χ0n) is 50.1. The number of aromatic nitrogens is 4. The SMILES string of the molecule is Cc1cc(C)c(N2C(=O)[C@@]3(C)CC(C)(C(=O)[O-])C[C@](C)(C3)C2=O)cc1N1C(=O)[C@@]2(C)CC(C)(C(=O)[O-])C[C@](C)(C2)C1=O.Cc1cc(C)cc(C)c1.ClCCl.[Fe+3].[Fe+3].[N-]=[N+]=[N-].[N-]=[N+]=[N-].[O-2].c1ccc(-c2ccccn2)nc1.c1ccc(-c2ccccn2)nc1. The maximum atomic E-state index is 14.1. The topological polar surface area (TPSA) is 352 Å². The summed E-state index contributed by atoms with van der Waals surface area (Å²) in [5.41, 5.74) is 29.0. The summed E-state index contributed by atoms with van der Waals surface area (Å²) in [6.45, 7) is 19.6. The van der Waals surface area contributed by atoms with Gasteiger partial charge in [0.15, 0.2) is 0 Å². The van der Waals surface area contributed by atoms with E-state index in [4.69, 9.17) is 45.3 Å². The Labute approximate surface area is 538 Å². The molecule has 4 aliphatic rings. The maximum Gasteiger partial charge on any atom is 3.00 e. The number of piperidine rings is 2. The van der Waals surface area contributed by atoms with Crippen molar-refractivity contribution in [3.8, 4) is 22.8 Å². The number of benzene rings is 2. The van der Waals surface area contributed by atoms with E-state index in [1.807, 2.05) is 72.8 Å². The molecule has 6 aromatic rings. The van der Waals surface area contributed by atoms with Gasteiger partial charge in [0.2, 0.25) is 23.6 Å². The van der Waals surface area contributed by atoms with Crippen molar-refractivity contribution < 1.29 is 78.6 Å². The van der Waals surface area contributed by atoms with Crippen molar-refractivity contribution in [1.82, 2.24) is 19.9 Å². The van der Waals surface area contributed by atoms with Crippen LogP contribution in [0.2, 0.25) is 0 Å². The zero-order chi connectivity index (χ0) is 63.0. The molecule has 6 heterocycles. The number of amides is 4. The van der Waals surface area contributed by atoms with Gasteiger partial charge >= 0.3 is 34.1 Å². The summed E-state index contributed by atoms with van der Waals surface area (Å²) in [5, 5.41) is 24.4. The molecule has 460 valence electrons. The number of carbonyl (C=O) groups excluding carboxylic acids is 6. The number of nitrogens with zero attached hydrogens (tertiary/aromatic N) is 12. The molecule has 2 saturated carbocycles. The Balaban J connectivity index is 0.000000677. The summed E-state index contributed by atoms with van der Waals surface area (Å²) in [6.07, 6.45) is 7.51. The number of aryl methyl sites for hydroxylation is 5. The number of anilines is 2. The first-order chi connectivity index (χ1) is 39.4. The number of carboxylic acid groups (broad SMARTS) is 2. The van der Waals surface area contributed by atoms with E-state index in [9.17, 15) is 39.0 Å². The summed E-state index contributed by atoms with van der Waals surface area (Å²) >= 11 is 9.53. The number of fused-ring (bicyclic) bond motifs is 4. The standard InChI is InChI=1S/C32H40N2O8.2C10H8N2.C9H12.CH2Cl2.2Fe.2N3.O/c1-17-9-18(2)20(34-23(37)29(5)12-30(6,24(34)38)16-32(8,15-29)26(41)42)10-19(17)33-21(35)27(3)11-28(4,22(33)36)14-31(7,13-27)25(39)40;2*1-3-7-11-9(5-1)10-6-2-4-8-12-10;1-7-4-8(2)6-9(3)5-7;2-1-3;;;2*1-3-2;/h9-10H,11-16H2,1-8H3,(H,39,40)(H,41,42);2*1-8H;4-6H,1-3H3;1H2;;;;;/q;;;;;2*+3;2*-1;-2/p-2/t27-,28+,29-,30+,31?,32?;;;;;;;;;. The van der Waals surface area contributed by atoms with Crippen LogP contribution in [-0.4, -0.2) is 60.8 Å². The molecule has 2 aliphatic heterocycles. The number of hydrogen-bond acceptors (Lipinski definition) is 12. The molecule has 2 aromatic carbocycles. The predicted molar refractivity (Wildman–Crippen MR) is 320 cm³/mol. The largest absolute Gasteiger partial charge is 3.00 e. The quantitative estimate of drug-likeness (QED) is 0.0375. The van der Waals surface area contributed by atoms with Gasteiger partial charge < -0.3 is 47.4 Å². The van der Waals surface area contributed by atoms with Crippen LogP contribution >= 0.6 is 23.2 Å². The third-order valence-electron chi connectivity index (χ3n) is 15.1. The van der Waals surface area contributed by atoms with Gasteiger partial charge in [0.05, 0.1) is 39.5 Å². The first-order valence-corrected chi connectivity index (χ1v) is 27.6. The van der Waals surface area contributed by atoms with Gasteiger partial charge in [-0.3, -0.25) is 48.9 Å². The van der Waals surface area contributed by atoms with Crippen LogP contribution in [0.15, 0.2) is 128 Å². The number of hydrogen-bond donors (Lipinski definition) is 0. The second-order valence-electron chi connectivity index (χ2n) is 23.1. The van der Waals surface area contributed by atoms with Crippen LogP contribution in [0, 0.1) is 67.1 Å². The fraction of sp³-hybridized carbons (Fsp3) is 0.387. The fourth-order valence-corrected chi connectivity index (χ4v) is 12.7. The molecule has 4 aromatic heterocycles. The Morgan fingerprint density at radius 3 is 0.862 bits per heavy atom. The van der Waals surface area contributed by atoms with Gasteiger partial charge in [-0.1, -0.05) is 107 Å². The minimum Gasteiger partial charge on any atom is -2.00 e. The molecule has 87 heavy (non-hydrogen) atoms. The Hall–Kier alpha value is -7.54. The molecule has 21 nitrogen and oxygen atoms in total. The smallest absolute Gasteiger partial charge is 2.00 e. The van der Waals surface area contributed by atoms with Crippen LogP contribution in [0.4, 0.5) is 11.4 Å². The van der Waals surface area contributed by atoms with Crippen LogP contribution in [0.25, 0.3) is 54.7 Å². The van der Waals surface area contributed by atoms with Crippen LogP contribution in [0.1, 0.15) is 108 Å². The van der Waals surface area contributed by atoms with Gasteiger partial charge in [-0.15, -0.1) is 23.2 Å². The molecule has 4 amide bonds. The molecular weight excluding hydrogens is 1240 g/mol. The van der Waals surface area contributed by atoms with Crippen molar-refractivity contribution >= 4 is 70.1 Å². The summed E-state index contributed by atoms with van der Waals surface area (Å²) in [6, 6.07) is 33.0. The first kappa shape index (κ1) is 77.5. The summed E-state index contributed by atoms with van der Waals surface area (Å²) in [7, 11) is 0. The molecule has 25 heteroatoms. The molecule has 2 saturated heterocycles. The minimum atomic E-state index is -1.36. The minimum absolute atomic E-state index is 0. The van der Waals surface area contributed by atoms with Crippen molar-refractivity contribution in [1.29, 1.82) is 0 Å². The van der Waals surface area contributed by atoms with Crippen LogP contribution in [-0.2, 0) is 68.4 Å². The van der Waals surface area contributed by atoms with Gasteiger partial charge in [0.25, 0.3) is 0 Å². The number of aliphatic carboxylic acids is 2. The molecule has 4 fully saturated rings. The van der Waals surface area contributed by atoms with Crippen molar-refractivity contribution in [2.75, 3.05) is 15.1 Å². The van der Waals surface area contributed by atoms with Crippen molar-refractivity contribution in [2.24, 2.45) is 32.5 Å². The number of alkyl halides is 2. The van der Waals surface area contributed by atoms with Crippen LogP contribution in [0.5, 0.6) is 0 Å². The van der Waals surface area contributed by atoms with E-state index in [1.54, 1.807) is 72.4 Å². The van der Waals surface area contributed by atoms with Gasteiger partial charge in [0, 0.05) is 69.2 Å². The average Bonchev–Trinajstić information content (AvgIpc) is 0.725. The molecule has 2 unspecified atom stereocenters. The number of halogens is 2. The van der Waals surface area contributed by atoms with Crippen molar-refractivity contribution in [3.63, 3.8) is 0 Å². The van der Waals surface area contributed by atoms with E-state index in [0.717, 1.165) is 32.6 Å². The second-order valence-corrected chi connectivity index (χ2v) is 23.9. The number of rotatable bonds is 6. The molecular formula is C62H68Cl2Fe2N12O9. The van der Waals surface area contributed by atoms with E-state index in [0.29, 0.717) is 11.1 Å². The first-order valence-electron chi connectivity index (χ1n) is 26.5. The monoisotopic (exact) mass is 1310 g/mol. The number of pyridine rings is 4. The van der Waals surface area contributed by atoms with Gasteiger partial charge in [-0.05, 0) is 139 Å². The second kappa shape index (κ2) is 33.0. The third-order valence-corrected chi connectivity index (χ3v) is 15.1. The fourth-order valence-electron chi connectivity index (χ4n) is 12.7. The molecule has 0 N–H and O–H groups in total. The van der Waals surface area contributed by atoms with Crippen molar-refractivity contribution in [2.45, 2.75) is 115 Å². The zero-order valence-corrected chi connectivity index (χ0v) is 53.8. The van der Waals surface area contributed by atoms with E-state index in [1.165, 1.54) is 46.4 Å². The van der Waals surface area contributed by atoms with Crippen molar-refractivity contribution in [3.05, 3.63) is 188 Å². The van der Waals surface area contributed by atoms with Crippen LogP contribution < -0.4 is 20.0 Å². The normalized spacial score (nSPS) is 23.3. The van der Waals surface area contributed by atoms with E-state index < -0.39 is 68.1 Å². The average molecular weight is 1310 g/mol. The molecule has 2 radical (unpaired) electrons. The molecule has 2 aliphatic carbocycles. The Bertz CT molecular complexity index is 3040. The number of carboxylic acids is 2. The predicted octanol–water partition coefficient (Wildman–Crippen LogP) is 11.9. The summed E-state index contributed by atoms with van der Waals surface area (Å²) in [5.74, 6) is -4.74. The number of imide groups is 2.